The van der Waals surface area contributed by atoms with Gasteiger partial charge in [-0.05, 0) is 26.0 Å². The first-order chi connectivity index (χ1) is 9.08. The fourth-order valence-corrected chi connectivity index (χ4v) is 2.16. The third kappa shape index (κ3) is 1.75. The van der Waals surface area contributed by atoms with Crippen molar-refractivity contribution in [2.45, 2.75) is 19.9 Å². The number of hydrogen-bond acceptors (Lipinski definition) is 5. The number of hydrogen-bond donors (Lipinski definition) is 2. The van der Waals surface area contributed by atoms with Crippen molar-refractivity contribution in [2.75, 3.05) is 0 Å². The minimum absolute atomic E-state index is 0.00162. The average molecular weight is 260 g/mol. The molecule has 1 aliphatic rings. The maximum atomic E-state index is 11.1. The second-order valence-electron chi connectivity index (χ2n) is 4.35. The summed E-state index contributed by atoms with van der Waals surface area (Å²) in [5.74, 6) is -0.326. The summed E-state index contributed by atoms with van der Waals surface area (Å²) in [7, 11) is 0. The summed E-state index contributed by atoms with van der Waals surface area (Å²) in [4.78, 5) is 20.3. The fourth-order valence-electron chi connectivity index (χ4n) is 2.16. The second kappa shape index (κ2) is 4.06. The van der Waals surface area contributed by atoms with E-state index in [9.17, 15) is 4.79 Å². The van der Waals surface area contributed by atoms with Crippen LogP contribution >= 0.6 is 0 Å². The lowest BCUT2D eigenvalue weighted by atomic mass is 10.1. The number of rotatable bonds is 2. The van der Waals surface area contributed by atoms with Gasteiger partial charge in [-0.25, -0.2) is 14.3 Å². The zero-order valence-corrected chi connectivity index (χ0v) is 10.4. The molecule has 0 amide bonds. The molecule has 19 heavy (non-hydrogen) atoms. The van der Waals surface area contributed by atoms with E-state index in [0.717, 1.165) is 11.3 Å². The lowest BCUT2D eigenvalue weighted by Crippen LogP contribution is -2.19. The molecule has 0 fully saturated rings. The number of hydroxylamine groups is 1. The van der Waals surface area contributed by atoms with Crippen molar-refractivity contribution in [1.82, 2.24) is 20.1 Å². The third-order valence-corrected chi connectivity index (χ3v) is 3.06. The van der Waals surface area contributed by atoms with Gasteiger partial charge in [0.1, 0.15) is 5.76 Å². The fraction of sp³-hybridized carbons (Fsp3) is 0.250. The molecule has 0 radical (unpaired) electrons. The largest absolute Gasteiger partial charge is 0.476 e. The van der Waals surface area contributed by atoms with Crippen molar-refractivity contribution in [1.29, 1.82) is 0 Å². The molecule has 1 unspecified atom stereocenters. The van der Waals surface area contributed by atoms with Gasteiger partial charge in [-0.2, -0.15) is 5.10 Å². The van der Waals surface area contributed by atoms with Crippen LogP contribution in [0.1, 0.15) is 30.0 Å². The van der Waals surface area contributed by atoms with Crippen molar-refractivity contribution in [3.05, 3.63) is 35.5 Å². The molecule has 2 aromatic heterocycles. The third-order valence-electron chi connectivity index (χ3n) is 3.06. The highest BCUT2D eigenvalue weighted by molar-refractivity contribution is 5.86. The minimum atomic E-state index is -1.06. The Morgan fingerprint density at radius 1 is 1.53 bits per heavy atom. The number of aromatic nitrogens is 3. The predicted octanol–water partition coefficient (Wildman–Crippen LogP) is 1.08. The summed E-state index contributed by atoms with van der Waals surface area (Å²) in [6.45, 7) is 3.79. The van der Waals surface area contributed by atoms with E-state index in [2.05, 4.69) is 15.6 Å². The number of nitrogens with zero attached hydrogens (tertiary/aromatic N) is 3. The summed E-state index contributed by atoms with van der Waals surface area (Å²) >= 11 is 0. The van der Waals surface area contributed by atoms with Gasteiger partial charge in [0, 0.05) is 5.57 Å². The Kier molecular flexibility index (Phi) is 2.49. The van der Waals surface area contributed by atoms with E-state index in [0.29, 0.717) is 11.3 Å². The molecule has 3 heterocycles. The van der Waals surface area contributed by atoms with Gasteiger partial charge in [0.05, 0.1) is 17.9 Å². The lowest BCUT2D eigenvalue weighted by Gasteiger charge is -2.07. The van der Waals surface area contributed by atoms with Gasteiger partial charge in [0.15, 0.2) is 11.3 Å². The van der Waals surface area contributed by atoms with E-state index < -0.39 is 5.97 Å². The summed E-state index contributed by atoms with van der Waals surface area (Å²) in [5.41, 5.74) is 4.96. The SMILES string of the molecule is CC1=C(c2ccc3ncc(C(=O)O)n3n2)C(C)NO1. The number of fused-ring (bicyclic) bond motifs is 1. The van der Waals surface area contributed by atoms with Gasteiger partial charge < -0.3 is 9.94 Å². The molecule has 0 saturated heterocycles. The highest BCUT2D eigenvalue weighted by Gasteiger charge is 2.24. The molecular formula is C12H12N4O3. The van der Waals surface area contributed by atoms with E-state index in [-0.39, 0.29) is 11.7 Å². The van der Waals surface area contributed by atoms with Crippen molar-refractivity contribution in [3.63, 3.8) is 0 Å². The van der Waals surface area contributed by atoms with Crippen LogP contribution in [0.4, 0.5) is 0 Å². The molecule has 1 atom stereocenters. The van der Waals surface area contributed by atoms with Gasteiger partial charge in [0.2, 0.25) is 0 Å². The standard InChI is InChI=1S/C12H12N4O3/c1-6-11(7(2)19-15-6)8-3-4-10-13-5-9(12(17)18)16(10)14-8/h3-6,15H,1-2H3,(H,17,18). The molecule has 0 aromatic carbocycles. The van der Waals surface area contributed by atoms with E-state index in [1.54, 1.807) is 12.1 Å². The number of nitrogens with one attached hydrogen (secondary N) is 1. The zero-order valence-electron chi connectivity index (χ0n) is 10.4. The first-order valence-corrected chi connectivity index (χ1v) is 5.79. The molecule has 1 aliphatic heterocycles. The maximum absolute atomic E-state index is 11.1. The molecule has 98 valence electrons. The quantitative estimate of drug-likeness (QED) is 0.840. The number of carboxylic acids is 1. The van der Waals surface area contributed by atoms with Gasteiger partial charge in [-0.15, -0.1) is 5.48 Å². The number of aromatic carboxylic acids is 1. The van der Waals surface area contributed by atoms with E-state index >= 15 is 0 Å². The molecule has 0 bridgehead atoms. The second-order valence-corrected chi connectivity index (χ2v) is 4.35. The Morgan fingerprint density at radius 3 is 2.95 bits per heavy atom. The lowest BCUT2D eigenvalue weighted by molar-refractivity contribution is 0.0688. The van der Waals surface area contributed by atoms with Crippen LogP contribution in [0, 0.1) is 0 Å². The molecule has 2 aromatic rings. The number of allylic oxidation sites excluding steroid dienone is 1. The van der Waals surface area contributed by atoms with Crippen LogP contribution in [0.15, 0.2) is 24.1 Å². The Balaban J connectivity index is 2.19. The molecule has 0 aliphatic carbocycles. The number of carboxylic acid groups (broad SMARTS) is 1. The summed E-state index contributed by atoms with van der Waals surface area (Å²) < 4.78 is 1.32. The van der Waals surface area contributed by atoms with Crippen molar-refractivity contribution in [2.24, 2.45) is 0 Å². The van der Waals surface area contributed by atoms with Crippen LogP contribution in [-0.4, -0.2) is 31.7 Å². The Labute approximate surface area is 108 Å². The van der Waals surface area contributed by atoms with Crippen molar-refractivity contribution >= 4 is 17.2 Å². The Hall–Kier alpha value is -2.41. The average Bonchev–Trinajstić information content (AvgIpc) is 2.92. The highest BCUT2D eigenvalue weighted by Crippen LogP contribution is 2.26. The molecule has 0 spiro atoms. The molecular weight excluding hydrogens is 248 g/mol. The number of carbonyl (C=O) groups is 1. The molecule has 3 rings (SSSR count). The van der Waals surface area contributed by atoms with Crippen LogP contribution in [0.3, 0.4) is 0 Å². The monoisotopic (exact) mass is 260 g/mol. The molecule has 2 N–H and O–H groups in total. The van der Waals surface area contributed by atoms with Gasteiger partial charge in [0.25, 0.3) is 0 Å². The zero-order chi connectivity index (χ0) is 13.6. The van der Waals surface area contributed by atoms with E-state index in [1.165, 1.54) is 10.7 Å². The smallest absolute Gasteiger partial charge is 0.356 e. The van der Waals surface area contributed by atoms with Crippen molar-refractivity contribution in [3.8, 4) is 0 Å². The Bertz CT molecular complexity index is 704. The van der Waals surface area contributed by atoms with Crippen LogP contribution in [0.2, 0.25) is 0 Å². The van der Waals surface area contributed by atoms with Gasteiger partial charge in [-0.3, -0.25) is 0 Å². The Morgan fingerprint density at radius 2 is 2.32 bits per heavy atom. The molecule has 7 nitrogen and oxygen atoms in total. The predicted molar refractivity (Wildman–Crippen MR) is 66.2 cm³/mol. The first kappa shape index (κ1) is 11.7. The molecule has 7 heteroatoms. The van der Waals surface area contributed by atoms with Crippen LogP contribution in [0.5, 0.6) is 0 Å². The highest BCUT2D eigenvalue weighted by atomic mass is 16.7. The van der Waals surface area contributed by atoms with Crippen LogP contribution in [0.25, 0.3) is 11.2 Å². The normalized spacial score (nSPS) is 18.9. The van der Waals surface area contributed by atoms with Crippen LogP contribution < -0.4 is 5.48 Å². The minimum Gasteiger partial charge on any atom is -0.476 e. The van der Waals surface area contributed by atoms with Gasteiger partial charge >= 0.3 is 5.97 Å². The summed E-state index contributed by atoms with van der Waals surface area (Å²) in [6, 6.07) is 3.54. The first-order valence-electron chi connectivity index (χ1n) is 5.79. The van der Waals surface area contributed by atoms with Crippen LogP contribution in [-0.2, 0) is 4.84 Å². The summed E-state index contributed by atoms with van der Waals surface area (Å²) in [6.07, 6.45) is 1.29. The van der Waals surface area contributed by atoms with E-state index in [1.807, 2.05) is 13.8 Å². The summed E-state index contributed by atoms with van der Waals surface area (Å²) in [5, 5.41) is 13.4. The number of imidazole rings is 1. The van der Waals surface area contributed by atoms with Crippen molar-refractivity contribution < 1.29 is 14.7 Å². The maximum Gasteiger partial charge on any atom is 0.356 e. The molecule has 0 saturated carbocycles. The topological polar surface area (TPSA) is 88.8 Å². The van der Waals surface area contributed by atoms with Gasteiger partial charge in [-0.1, -0.05) is 0 Å². The van der Waals surface area contributed by atoms with E-state index in [4.69, 9.17) is 9.94 Å².